The summed E-state index contributed by atoms with van der Waals surface area (Å²) in [6.07, 6.45) is -0.0880. The third-order valence-electron chi connectivity index (χ3n) is 2.19. The van der Waals surface area contributed by atoms with Gasteiger partial charge in [0.25, 0.3) is 5.91 Å². The van der Waals surface area contributed by atoms with Crippen LogP contribution in [0.25, 0.3) is 0 Å². The van der Waals surface area contributed by atoms with Gasteiger partial charge in [-0.15, -0.1) is 0 Å². The standard InChI is InChI=1S/C12H21N3O6/c1-12(2,3)21-15(10(18)6-14-7-16)8(11(19)20)4-5-9(13)17/h7-8H,4-6H2,1-3H3,(H2,13,17)(H,14,16)(H,19,20)/t8-/m0/s1. The largest absolute Gasteiger partial charge is 0.480 e. The summed E-state index contributed by atoms with van der Waals surface area (Å²) in [4.78, 5) is 49.7. The molecule has 0 spiro atoms. The number of nitrogens with zero attached hydrogens (tertiary/aromatic N) is 1. The zero-order valence-electron chi connectivity index (χ0n) is 12.3. The number of carboxylic acid groups (broad SMARTS) is 1. The van der Waals surface area contributed by atoms with Crippen LogP contribution < -0.4 is 11.1 Å². The van der Waals surface area contributed by atoms with Gasteiger partial charge in [-0.2, -0.15) is 0 Å². The van der Waals surface area contributed by atoms with Crippen LogP contribution in [0.5, 0.6) is 0 Å². The molecule has 0 aromatic rings. The van der Waals surface area contributed by atoms with Crippen LogP contribution in [-0.2, 0) is 24.0 Å². The number of nitrogens with two attached hydrogens (primary N) is 1. The molecule has 9 nitrogen and oxygen atoms in total. The second-order valence-electron chi connectivity index (χ2n) is 5.28. The van der Waals surface area contributed by atoms with Crippen molar-refractivity contribution in [3.8, 4) is 0 Å². The number of rotatable bonds is 9. The van der Waals surface area contributed by atoms with Crippen molar-refractivity contribution in [3.05, 3.63) is 0 Å². The van der Waals surface area contributed by atoms with E-state index in [0.29, 0.717) is 11.5 Å². The number of hydrogen-bond acceptors (Lipinski definition) is 5. The Kier molecular flexibility index (Phi) is 7.36. The van der Waals surface area contributed by atoms with E-state index in [-0.39, 0.29) is 12.8 Å². The van der Waals surface area contributed by atoms with Gasteiger partial charge in [0, 0.05) is 6.42 Å². The molecule has 4 N–H and O–H groups in total. The molecule has 0 aliphatic heterocycles. The summed E-state index contributed by atoms with van der Waals surface area (Å²) in [5.41, 5.74) is 4.15. The van der Waals surface area contributed by atoms with E-state index in [9.17, 15) is 24.3 Å². The lowest BCUT2D eigenvalue weighted by molar-refractivity contribution is -0.244. The lowest BCUT2D eigenvalue weighted by Gasteiger charge is -2.33. The minimum absolute atomic E-state index is 0.187. The molecule has 0 rings (SSSR count). The highest BCUT2D eigenvalue weighted by molar-refractivity contribution is 5.85. The second-order valence-corrected chi connectivity index (χ2v) is 5.28. The van der Waals surface area contributed by atoms with Gasteiger partial charge in [0.1, 0.15) is 0 Å². The summed E-state index contributed by atoms with van der Waals surface area (Å²) in [6.45, 7) is 4.48. The molecule has 0 bridgehead atoms. The van der Waals surface area contributed by atoms with E-state index < -0.39 is 36.0 Å². The highest BCUT2D eigenvalue weighted by Crippen LogP contribution is 2.16. The Morgan fingerprint density at radius 3 is 2.33 bits per heavy atom. The third-order valence-corrected chi connectivity index (χ3v) is 2.19. The predicted octanol–water partition coefficient (Wildman–Crippen LogP) is -0.990. The van der Waals surface area contributed by atoms with Crippen LogP contribution in [0.1, 0.15) is 33.6 Å². The average Bonchev–Trinajstić information content (AvgIpc) is 2.32. The number of aliphatic carboxylic acids is 1. The lowest BCUT2D eigenvalue weighted by Crippen LogP contribution is -2.51. The number of hydrogen-bond donors (Lipinski definition) is 3. The van der Waals surface area contributed by atoms with Gasteiger partial charge in [-0.1, -0.05) is 0 Å². The Hall–Kier alpha value is -2.16. The van der Waals surface area contributed by atoms with Crippen LogP contribution in [0.2, 0.25) is 0 Å². The Balaban J connectivity index is 5.17. The number of carbonyl (C=O) groups excluding carboxylic acids is 3. The van der Waals surface area contributed by atoms with Gasteiger partial charge in [0.15, 0.2) is 6.04 Å². The Morgan fingerprint density at radius 1 is 1.38 bits per heavy atom. The molecule has 0 aromatic heterocycles. The topological polar surface area (TPSA) is 139 Å². The molecule has 0 heterocycles. The molecular formula is C12H21N3O6. The maximum atomic E-state index is 12.0. The molecule has 120 valence electrons. The van der Waals surface area contributed by atoms with E-state index in [1.165, 1.54) is 0 Å². The molecule has 1 atom stereocenters. The molecule has 0 aliphatic rings. The number of nitrogens with one attached hydrogen (secondary N) is 1. The first kappa shape index (κ1) is 18.8. The molecule has 0 saturated heterocycles. The van der Waals surface area contributed by atoms with Crippen LogP contribution in [0, 0.1) is 0 Å². The van der Waals surface area contributed by atoms with Gasteiger partial charge < -0.3 is 16.2 Å². The van der Waals surface area contributed by atoms with Crippen molar-refractivity contribution >= 4 is 24.2 Å². The summed E-state index contributed by atoms with van der Waals surface area (Å²) in [7, 11) is 0. The molecule has 0 fully saturated rings. The fraction of sp³-hybridized carbons (Fsp3) is 0.667. The highest BCUT2D eigenvalue weighted by atomic mass is 16.7. The average molecular weight is 303 g/mol. The van der Waals surface area contributed by atoms with Gasteiger partial charge in [-0.3, -0.25) is 19.2 Å². The monoisotopic (exact) mass is 303 g/mol. The van der Waals surface area contributed by atoms with Crippen molar-refractivity contribution in [3.63, 3.8) is 0 Å². The third kappa shape index (κ3) is 7.88. The molecule has 0 aliphatic carbocycles. The summed E-state index contributed by atoms with van der Waals surface area (Å²) < 4.78 is 0. The molecule has 21 heavy (non-hydrogen) atoms. The number of amides is 3. The highest BCUT2D eigenvalue weighted by Gasteiger charge is 2.34. The second kappa shape index (κ2) is 8.20. The fourth-order valence-corrected chi connectivity index (χ4v) is 1.41. The van der Waals surface area contributed by atoms with Crippen LogP contribution in [0.15, 0.2) is 0 Å². The lowest BCUT2D eigenvalue weighted by atomic mass is 10.1. The van der Waals surface area contributed by atoms with Crippen molar-refractivity contribution in [1.82, 2.24) is 10.4 Å². The smallest absolute Gasteiger partial charge is 0.329 e. The predicted molar refractivity (Wildman–Crippen MR) is 71.6 cm³/mol. The number of carboxylic acids is 1. The number of carbonyl (C=O) groups is 4. The Bertz CT molecular complexity index is 404. The summed E-state index contributed by atoms with van der Waals surface area (Å²) >= 11 is 0. The van der Waals surface area contributed by atoms with E-state index in [1.807, 2.05) is 0 Å². The van der Waals surface area contributed by atoms with E-state index in [0.717, 1.165) is 0 Å². The van der Waals surface area contributed by atoms with Crippen molar-refractivity contribution in [2.75, 3.05) is 6.54 Å². The van der Waals surface area contributed by atoms with Crippen molar-refractivity contribution in [2.24, 2.45) is 5.73 Å². The number of hydroxylamine groups is 2. The van der Waals surface area contributed by atoms with Crippen LogP contribution in [0.3, 0.4) is 0 Å². The van der Waals surface area contributed by atoms with Crippen molar-refractivity contribution in [2.45, 2.75) is 45.3 Å². The Morgan fingerprint density at radius 2 is 1.95 bits per heavy atom. The first-order valence-corrected chi connectivity index (χ1v) is 6.28. The van der Waals surface area contributed by atoms with Gasteiger partial charge >= 0.3 is 5.97 Å². The van der Waals surface area contributed by atoms with Crippen LogP contribution in [-0.4, -0.2) is 52.6 Å². The van der Waals surface area contributed by atoms with Gasteiger partial charge in [-0.25, -0.2) is 9.86 Å². The maximum Gasteiger partial charge on any atom is 0.329 e. The normalized spacial score (nSPS) is 12.3. The van der Waals surface area contributed by atoms with E-state index in [2.05, 4.69) is 5.32 Å². The molecule has 3 amide bonds. The Labute approximate surface area is 122 Å². The van der Waals surface area contributed by atoms with Crippen LogP contribution in [0.4, 0.5) is 0 Å². The quantitative estimate of drug-likeness (QED) is 0.369. The fourth-order valence-electron chi connectivity index (χ4n) is 1.41. The minimum atomic E-state index is -1.38. The van der Waals surface area contributed by atoms with Crippen LogP contribution >= 0.6 is 0 Å². The summed E-state index contributed by atoms with van der Waals surface area (Å²) in [6, 6.07) is -1.38. The maximum absolute atomic E-state index is 12.0. The minimum Gasteiger partial charge on any atom is -0.480 e. The molecule has 0 radical (unpaired) electrons. The van der Waals surface area contributed by atoms with E-state index in [1.54, 1.807) is 20.8 Å². The molecule has 0 aromatic carbocycles. The zero-order chi connectivity index (χ0) is 16.6. The van der Waals surface area contributed by atoms with Crippen molar-refractivity contribution in [1.29, 1.82) is 0 Å². The summed E-state index contributed by atoms with van der Waals surface area (Å²) in [5.74, 6) is -2.76. The van der Waals surface area contributed by atoms with E-state index >= 15 is 0 Å². The van der Waals surface area contributed by atoms with Gasteiger partial charge in [0.05, 0.1) is 12.1 Å². The van der Waals surface area contributed by atoms with Gasteiger partial charge in [0.2, 0.25) is 12.3 Å². The zero-order valence-corrected chi connectivity index (χ0v) is 12.3. The SMILES string of the molecule is CC(C)(C)ON(C(=O)CNC=O)[C@@H](CCC(N)=O)C(=O)O. The van der Waals surface area contributed by atoms with Gasteiger partial charge in [-0.05, 0) is 27.2 Å². The molecular weight excluding hydrogens is 282 g/mol. The van der Waals surface area contributed by atoms with E-state index in [4.69, 9.17) is 10.6 Å². The van der Waals surface area contributed by atoms with Crippen molar-refractivity contribution < 1.29 is 29.1 Å². The molecule has 9 heteroatoms. The molecule has 0 saturated carbocycles. The first-order valence-electron chi connectivity index (χ1n) is 6.28. The summed E-state index contributed by atoms with van der Waals surface area (Å²) in [5, 5.41) is 12.0. The first-order chi connectivity index (χ1) is 9.58. The number of primary amides is 1. The molecule has 0 unspecified atom stereocenters.